The van der Waals surface area contributed by atoms with E-state index in [2.05, 4.69) is 4.98 Å². The first kappa shape index (κ1) is 6.09. The molecule has 1 heterocycles. The van der Waals surface area contributed by atoms with E-state index in [0.29, 0.717) is 5.35 Å². The van der Waals surface area contributed by atoms with Crippen molar-refractivity contribution in [3.05, 3.63) is 33.1 Å². The second-order valence-electron chi connectivity index (χ2n) is 2.38. The summed E-state index contributed by atoms with van der Waals surface area (Å²) in [6.45, 7) is 0. The molecular formula is C8H5NO2. The van der Waals surface area contributed by atoms with Crippen molar-refractivity contribution in [1.29, 1.82) is 0 Å². The van der Waals surface area contributed by atoms with Crippen LogP contribution in [-0.4, -0.2) is 10.8 Å². The maximum Gasteiger partial charge on any atom is 0.248 e. The lowest BCUT2D eigenvalue weighted by molar-refractivity contribution is -0.107. The lowest BCUT2D eigenvalue weighted by atomic mass is 10.4. The van der Waals surface area contributed by atoms with Crippen LogP contribution in [0.1, 0.15) is 0 Å². The Morgan fingerprint density at radius 3 is 2.73 bits per heavy atom. The van der Waals surface area contributed by atoms with E-state index in [9.17, 15) is 9.59 Å². The normalized spacial score (nSPS) is 13.6. The summed E-state index contributed by atoms with van der Waals surface area (Å²) in [5, 5.41) is 1.40. The van der Waals surface area contributed by atoms with Crippen molar-refractivity contribution in [1.82, 2.24) is 4.98 Å². The molecule has 0 atom stereocenters. The number of carbonyl (C=O) groups is 1. The minimum absolute atomic E-state index is 0.0677. The number of hydrogen-bond acceptors (Lipinski definition) is 2. The van der Waals surface area contributed by atoms with Gasteiger partial charge >= 0.3 is 0 Å². The van der Waals surface area contributed by atoms with Crippen LogP contribution in [0.3, 0.4) is 0 Å². The van der Waals surface area contributed by atoms with Crippen LogP contribution in [0.2, 0.25) is 0 Å². The zero-order valence-corrected chi connectivity index (χ0v) is 5.63. The average Bonchev–Trinajstić information content (AvgIpc) is 2.27. The highest BCUT2D eigenvalue weighted by Gasteiger charge is 2.00. The number of H-pyrrole nitrogens is 1. The van der Waals surface area contributed by atoms with Crippen molar-refractivity contribution in [2.45, 2.75) is 0 Å². The van der Waals surface area contributed by atoms with Crippen molar-refractivity contribution in [3.63, 3.8) is 0 Å². The number of aromatic nitrogens is 1. The van der Waals surface area contributed by atoms with Crippen molar-refractivity contribution in [2.75, 3.05) is 0 Å². The van der Waals surface area contributed by atoms with Gasteiger partial charge in [-0.25, -0.2) is 0 Å². The van der Waals surface area contributed by atoms with Gasteiger partial charge in [0.05, 0.1) is 5.35 Å². The number of Topliss-reactive ketones (excluding diaryl/α,β-unsaturated/α-hetero) is 1. The molecule has 2 rings (SSSR count). The van der Waals surface area contributed by atoms with Crippen LogP contribution in [0.25, 0.3) is 12.2 Å². The predicted octanol–water partition coefficient (Wildman–Crippen LogP) is -1.48. The zero-order valence-electron chi connectivity index (χ0n) is 5.63. The second kappa shape index (κ2) is 1.92. The summed E-state index contributed by atoms with van der Waals surface area (Å²) < 4.78 is 0. The molecule has 1 aliphatic rings. The highest BCUT2D eigenvalue weighted by Crippen LogP contribution is 1.79. The van der Waals surface area contributed by atoms with Gasteiger partial charge in [0.1, 0.15) is 0 Å². The molecule has 0 saturated heterocycles. The van der Waals surface area contributed by atoms with E-state index in [4.69, 9.17) is 0 Å². The summed E-state index contributed by atoms with van der Waals surface area (Å²) in [7, 11) is 0. The largest absolute Gasteiger partial charge is 0.322 e. The molecule has 1 aliphatic carbocycles. The Bertz CT molecular complexity index is 482. The lowest BCUT2D eigenvalue weighted by Crippen LogP contribution is -2.30. The monoisotopic (exact) mass is 147 g/mol. The fourth-order valence-electron chi connectivity index (χ4n) is 1.08. The maximum absolute atomic E-state index is 10.8. The minimum atomic E-state index is -0.178. The first-order valence-electron chi connectivity index (χ1n) is 3.22. The number of nitrogens with one attached hydrogen (secondary N) is 1. The first-order valence-corrected chi connectivity index (χ1v) is 3.22. The van der Waals surface area contributed by atoms with Gasteiger partial charge in [-0.05, 0) is 12.1 Å². The standard InChI is InChI=1S/C8H5NO2/c10-6-3-5-1-2-8(11)9-7(5)4-6/h1-4H,(H,9,11). The fourth-order valence-corrected chi connectivity index (χ4v) is 1.08. The summed E-state index contributed by atoms with van der Waals surface area (Å²) in [6, 6.07) is 3.04. The Morgan fingerprint density at radius 1 is 1.09 bits per heavy atom. The summed E-state index contributed by atoms with van der Waals surface area (Å²) in [6.07, 6.45) is 2.90. The molecule has 0 unspecified atom stereocenters. The van der Waals surface area contributed by atoms with E-state index in [1.807, 2.05) is 0 Å². The quantitative estimate of drug-likeness (QED) is 0.486. The number of fused-ring (bicyclic) bond motifs is 1. The Morgan fingerprint density at radius 2 is 1.91 bits per heavy atom. The van der Waals surface area contributed by atoms with E-state index in [1.165, 1.54) is 18.2 Å². The smallest absolute Gasteiger partial charge is 0.248 e. The molecule has 11 heavy (non-hydrogen) atoms. The van der Waals surface area contributed by atoms with Gasteiger partial charge in [0.25, 0.3) is 0 Å². The number of ketones is 1. The van der Waals surface area contributed by atoms with Gasteiger partial charge in [-0.15, -0.1) is 0 Å². The molecule has 0 amide bonds. The van der Waals surface area contributed by atoms with Crippen LogP contribution >= 0.6 is 0 Å². The van der Waals surface area contributed by atoms with Crippen LogP contribution in [0.4, 0.5) is 0 Å². The van der Waals surface area contributed by atoms with Crippen molar-refractivity contribution in [2.24, 2.45) is 0 Å². The summed E-state index contributed by atoms with van der Waals surface area (Å²) in [5.41, 5.74) is -0.178. The first-order chi connectivity index (χ1) is 5.25. The molecular weight excluding hydrogens is 142 g/mol. The number of pyridine rings is 1. The van der Waals surface area contributed by atoms with Crippen molar-refractivity contribution < 1.29 is 4.79 Å². The molecule has 0 saturated carbocycles. The van der Waals surface area contributed by atoms with E-state index >= 15 is 0 Å². The third kappa shape index (κ3) is 0.902. The Kier molecular flexibility index (Phi) is 1.06. The van der Waals surface area contributed by atoms with Crippen molar-refractivity contribution >= 4 is 17.9 Å². The molecule has 3 nitrogen and oxygen atoms in total. The minimum Gasteiger partial charge on any atom is -0.322 e. The van der Waals surface area contributed by atoms with Gasteiger partial charge in [-0.2, -0.15) is 0 Å². The molecule has 0 spiro atoms. The lowest BCUT2D eigenvalue weighted by Gasteiger charge is -1.80. The Hall–Kier alpha value is -1.64. The second-order valence-corrected chi connectivity index (χ2v) is 2.38. The molecule has 0 aromatic carbocycles. The van der Waals surface area contributed by atoms with Gasteiger partial charge in [0.2, 0.25) is 5.56 Å². The molecule has 0 fully saturated rings. The third-order valence-electron chi connectivity index (χ3n) is 1.57. The number of aromatic amines is 1. The zero-order chi connectivity index (χ0) is 7.84. The van der Waals surface area contributed by atoms with Gasteiger partial charge in [0, 0.05) is 17.4 Å². The molecule has 3 heteroatoms. The number of carbonyl (C=O) groups excluding carboxylic acids is 1. The maximum atomic E-state index is 10.8. The molecule has 0 radical (unpaired) electrons. The van der Waals surface area contributed by atoms with Crippen LogP contribution in [0.5, 0.6) is 0 Å². The molecule has 1 N–H and O–H groups in total. The van der Waals surface area contributed by atoms with Gasteiger partial charge in [-0.3, -0.25) is 9.59 Å². The molecule has 1 aromatic rings. The Balaban J connectivity index is 3.00. The topological polar surface area (TPSA) is 49.9 Å². The predicted molar refractivity (Wildman–Crippen MR) is 40.2 cm³/mol. The highest BCUT2D eigenvalue weighted by molar-refractivity contribution is 6.26. The van der Waals surface area contributed by atoms with E-state index in [0.717, 1.165) is 5.22 Å². The van der Waals surface area contributed by atoms with Gasteiger partial charge in [0.15, 0.2) is 5.78 Å². The van der Waals surface area contributed by atoms with Crippen LogP contribution in [0, 0.1) is 0 Å². The van der Waals surface area contributed by atoms with Crippen LogP contribution in [0.15, 0.2) is 16.9 Å². The van der Waals surface area contributed by atoms with E-state index in [-0.39, 0.29) is 11.3 Å². The summed E-state index contributed by atoms with van der Waals surface area (Å²) >= 11 is 0. The summed E-state index contributed by atoms with van der Waals surface area (Å²) in [4.78, 5) is 24.1. The van der Waals surface area contributed by atoms with E-state index < -0.39 is 0 Å². The fraction of sp³-hybridized carbons (Fsp3) is 0. The number of rotatable bonds is 0. The molecule has 54 valence electrons. The van der Waals surface area contributed by atoms with Crippen molar-refractivity contribution in [3.8, 4) is 0 Å². The highest BCUT2D eigenvalue weighted by atomic mass is 16.1. The number of hydrogen-bond donors (Lipinski definition) is 1. The van der Waals surface area contributed by atoms with Crippen LogP contribution < -0.4 is 16.1 Å². The van der Waals surface area contributed by atoms with E-state index in [1.54, 1.807) is 6.07 Å². The average molecular weight is 147 g/mol. The van der Waals surface area contributed by atoms with Gasteiger partial charge in [-0.1, -0.05) is 0 Å². The molecule has 0 bridgehead atoms. The van der Waals surface area contributed by atoms with Crippen LogP contribution in [-0.2, 0) is 4.79 Å². The molecule has 0 aliphatic heterocycles. The SMILES string of the molecule is O=C1C=c2ccc(=O)[nH]c2=C1. The third-order valence-corrected chi connectivity index (χ3v) is 1.57. The molecule has 1 aromatic heterocycles. The summed E-state index contributed by atoms with van der Waals surface area (Å²) in [5.74, 6) is -0.0677. The Labute approximate surface area is 61.7 Å². The van der Waals surface area contributed by atoms with Gasteiger partial charge < -0.3 is 4.98 Å².